The van der Waals surface area contributed by atoms with Crippen molar-refractivity contribution < 1.29 is 4.79 Å². The maximum Gasteiger partial charge on any atom is 0.321 e. The smallest absolute Gasteiger partial charge is 0.321 e. The number of urea groups is 1. The molecular weight excluding hydrogens is 270 g/mol. The molecule has 0 spiro atoms. The van der Waals surface area contributed by atoms with Crippen LogP contribution in [0, 0.1) is 11.3 Å². The first kappa shape index (κ1) is 12.5. The fourth-order valence-corrected chi connectivity index (χ4v) is 1.52. The van der Waals surface area contributed by atoms with Gasteiger partial charge in [0.1, 0.15) is 0 Å². The van der Waals surface area contributed by atoms with Crippen LogP contribution < -0.4 is 5.32 Å². The van der Waals surface area contributed by atoms with Gasteiger partial charge in [-0.05, 0) is 41.1 Å². The lowest BCUT2D eigenvalue weighted by Crippen LogP contribution is -2.31. The Bertz CT molecular complexity index is 439. The van der Waals surface area contributed by atoms with Gasteiger partial charge in [-0.3, -0.25) is 0 Å². The molecule has 0 unspecified atom stereocenters. The summed E-state index contributed by atoms with van der Waals surface area (Å²) in [5.74, 6) is 0. The van der Waals surface area contributed by atoms with E-state index in [-0.39, 0.29) is 6.03 Å². The molecule has 0 fully saturated rings. The van der Waals surface area contributed by atoms with Gasteiger partial charge in [0.05, 0.1) is 17.3 Å². The quantitative estimate of drug-likeness (QED) is 0.906. The van der Waals surface area contributed by atoms with E-state index in [0.29, 0.717) is 22.3 Å². The lowest BCUT2D eigenvalue weighted by atomic mass is 10.2. The van der Waals surface area contributed by atoms with Crippen molar-refractivity contribution >= 4 is 27.6 Å². The number of hydrogen-bond donors (Lipinski definition) is 1. The highest BCUT2D eigenvalue weighted by molar-refractivity contribution is 9.10. The van der Waals surface area contributed by atoms with Crippen molar-refractivity contribution in [2.24, 2.45) is 0 Å². The van der Waals surface area contributed by atoms with Crippen molar-refractivity contribution in [1.82, 2.24) is 4.90 Å². The molecule has 84 valence electrons. The number of nitriles is 1. The minimum atomic E-state index is -0.173. The van der Waals surface area contributed by atoms with Gasteiger partial charge < -0.3 is 10.2 Å². The van der Waals surface area contributed by atoms with Crippen molar-refractivity contribution in [2.75, 3.05) is 18.9 Å². The molecule has 5 heteroatoms. The fourth-order valence-electron chi connectivity index (χ4n) is 1.04. The summed E-state index contributed by atoms with van der Waals surface area (Å²) in [5.41, 5.74) is 1.21. The molecule has 1 aromatic carbocycles. The number of halogens is 1. The average Bonchev–Trinajstić information content (AvgIpc) is 2.30. The van der Waals surface area contributed by atoms with Gasteiger partial charge in [0.2, 0.25) is 0 Å². The number of carbonyl (C=O) groups is 1. The van der Waals surface area contributed by atoms with Crippen molar-refractivity contribution in [3.8, 4) is 6.07 Å². The molecule has 16 heavy (non-hydrogen) atoms. The summed E-state index contributed by atoms with van der Waals surface area (Å²) in [6, 6.07) is 6.88. The Kier molecular flexibility index (Phi) is 4.32. The number of carbonyl (C=O) groups excluding carboxylic acids is 1. The minimum Gasteiger partial charge on any atom is -0.328 e. The molecule has 1 rings (SSSR count). The van der Waals surface area contributed by atoms with E-state index in [4.69, 9.17) is 5.26 Å². The van der Waals surface area contributed by atoms with E-state index in [2.05, 4.69) is 21.2 Å². The molecule has 0 atom stereocenters. The first-order valence-corrected chi connectivity index (χ1v) is 5.59. The van der Waals surface area contributed by atoms with Gasteiger partial charge >= 0.3 is 6.03 Å². The van der Waals surface area contributed by atoms with Crippen LogP contribution >= 0.6 is 15.9 Å². The van der Waals surface area contributed by atoms with Crippen LogP contribution in [0.2, 0.25) is 0 Å². The third kappa shape index (κ3) is 2.97. The second-order valence-electron chi connectivity index (χ2n) is 3.25. The molecule has 0 saturated carbocycles. The lowest BCUT2D eigenvalue weighted by Gasteiger charge is -2.16. The van der Waals surface area contributed by atoms with Crippen LogP contribution in [0.1, 0.15) is 12.5 Å². The van der Waals surface area contributed by atoms with E-state index < -0.39 is 0 Å². The highest BCUT2D eigenvalue weighted by Gasteiger charge is 2.08. The topological polar surface area (TPSA) is 56.1 Å². The van der Waals surface area contributed by atoms with Gasteiger partial charge in [0.15, 0.2) is 0 Å². The molecular formula is C11H12BrN3O. The van der Waals surface area contributed by atoms with Crippen LogP contribution in [0.15, 0.2) is 22.7 Å². The molecule has 2 amide bonds. The summed E-state index contributed by atoms with van der Waals surface area (Å²) in [7, 11) is 1.72. The number of amides is 2. The Hall–Kier alpha value is -1.54. The number of nitrogens with zero attached hydrogens (tertiary/aromatic N) is 2. The summed E-state index contributed by atoms with van der Waals surface area (Å²) in [6.45, 7) is 2.53. The zero-order valence-electron chi connectivity index (χ0n) is 9.12. The minimum absolute atomic E-state index is 0.173. The summed E-state index contributed by atoms with van der Waals surface area (Å²) in [6.07, 6.45) is 0. The third-order valence-electron chi connectivity index (χ3n) is 2.16. The van der Waals surface area contributed by atoms with Crippen LogP contribution in [-0.4, -0.2) is 24.5 Å². The molecule has 0 aromatic heterocycles. The summed E-state index contributed by atoms with van der Waals surface area (Å²) in [5, 5.41) is 11.4. The number of benzene rings is 1. The van der Waals surface area contributed by atoms with E-state index >= 15 is 0 Å². The van der Waals surface area contributed by atoms with Crippen molar-refractivity contribution in [3.05, 3.63) is 28.2 Å². The van der Waals surface area contributed by atoms with E-state index in [9.17, 15) is 4.79 Å². The summed E-state index contributed by atoms with van der Waals surface area (Å²) >= 11 is 3.30. The number of hydrogen-bond acceptors (Lipinski definition) is 2. The number of nitrogens with one attached hydrogen (secondary N) is 1. The summed E-state index contributed by atoms with van der Waals surface area (Å²) in [4.78, 5) is 13.1. The maximum atomic E-state index is 11.6. The highest BCUT2D eigenvalue weighted by atomic mass is 79.9. The number of rotatable bonds is 2. The average molecular weight is 282 g/mol. The lowest BCUT2D eigenvalue weighted by molar-refractivity contribution is 0.224. The van der Waals surface area contributed by atoms with Crippen LogP contribution in [0.5, 0.6) is 0 Å². The Labute approximate surface area is 103 Å². The Morgan fingerprint density at radius 3 is 2.81 bits per heavy atom. The van der Waals surface area contributed by atoms with Crippen molar-refractivity contribution in [1.29, 1.82) is 5.26 Å². The molecule has 4 nitrogen and oxygen atoms in total. The van der Waals surface area contributed by atoms with E-state index in [1.807, 2.05) is 13.0 Å². The van der Waals surface area contributed by atoms with Crippen molar-refractivity contribution in [3.63, 3.8) is 0 Å². The van der Waals surface area contributed by atoms with Crippen LogP contribution in [0.4, 0.5) is 10.5 Å². The number of anilines is 1. The van der Waals surface area contributed by atoms with Gasteiger partial charge in [-0.15, -0.1) is 0 Å². The second kappa shape index (κ2) is 5.52. The van der Waals surface area contributed by atoms with E-state index in [1.54, 1.807) is 30.1 Å². The Balaban J connectivity index is 2.83. The molecule has 0 aliphatic heterocycles. The molecule has 1 N–H and O–H groups in total. The predicted molar refractivity (Wildman–Crippen MR) is 66.2 cm³/mol. The monoisotopic (exact) mass is 281 g/mol. The van der Waals surface area contributed by atoms with Crippen LogP contribution in [0.25, 0.3) is 0 Å². The molecule has 0 aliphatic carbocycles. The fraction of sp³-hybridized carbons (Fsp3) is 0.273. The molecule has 0 heterocycles. The summed E-state index contributed by atoms with van der Waals surface area (Å²) < 4.78 is 0.699. The predicted octanol–water partition coefficient (Wildman–Crippen LogP) is 2.80. The van der Waals surface area contributed by atoms with Gasteiger partial charge in [-0.1, -0.05) is 0 Å². The van der Waals surface area contributed by atoms with Gasteiger partial charge in [0, 0.05) is 18.1 Å². The standard InChI is InChI=1S/C11H12BrN3O/c1-3-15(2)11(16)14-10-5-4-8(7-13)6-9(10)12/h4-6H,3H2,1-2H3,(H,14,16). The Morgan fingerprint density at radius 2 is 2.31 bits per heavy atom. The molecule has 0 radical (unpaired) electrons. The maximum absolute atomic E-state index is 11.6. The normalized spacial score (nSPS) is 9.38. The molecule has 0 saturated heterocycles. The van der Waals surface area contributed by atoms with Crippen LogP contribution in [0.3, 0.4) is 0 Å². The second-order valence-corrected chi connectivity index (χ2v) is 4.11. The SMILES string of the molecule is CCN(C)C(=O)Nc1ccc(C#N)cc1Br. The first-order chi connectivity index (χ1) is 7.58. The zero-order valence-corrected chi connectivity index (χ0v) is 10.7. The highest BCUT2D eigenvalue weighted by Crippen LogP contribution is 2.23. The van der Waals surface area contributed by atoms with Gasteiger partial charge in [-0.25, -0.2) is 4.79 Å². The largest absolute Gasteiger partial charge is 0.328 e. The Morgan fingerprint density at radius 1 is 1.62 bits per heavy atom. The van der Waals surface area contributed by atoms with Crippen molar-refractivity contribution in [2.45, 2.75) is 6.92 Å². The van der Waals surface area contributed by atoms with E-state index in [1.165, 1.54) is 0 Å². The zero-order chi connectivity index (χ0) is 12.1. The van der Waals surface area contributed by atoms with Gasteiger partial charge in [-0.2, -0.15) is 5.26 Å². The first-order valence-electron chi connectivity index (χ1n) is 4.80. The molecule has 1 aromatic rings. The van der Waals surface area contributed by atoms with Crippen LogP contribution in [-0.2, 0) is 0 Å². The van der Waals surface area contributed by atoms with E-state index in [0.717, 1.165) is 0 Å². The molecule has 0 bridgehead atoms. The van der Waals surface area contributed by atoms with Gasteiger partial charge in [0.25, 0.3) is 0 Å². The molecule has 0 aliphatic rings. The third-order valence-corrected chi connectivity index (χ3v) is 2.82.